The maximum Gasteiger partial charge on any atom is 0.174 e. The zero-order valence-electron chi connectivity index (χ0n) is 8.53. The van der Waals surface area contributed by atoms with Gasteiger partial charge >= 0.3 is 0 Å². The average molecular weight is 222 g/mol. The second kappa shape index (κ2) is 6.10. The minimum Gasteiger partial charge on any atom is -0.478 e. The predicted octanol–water partition coefficient (Wildman–Crippen LogP) is 3.23. The lowest BCUT2D eigenvalue weighted by Gasteiger charge is -2.06. The molecule has 1 rings (SSSR count). The Kier molecular flexibility index (Phi) is 4.73. The van der Waals surface area contributed by atoms with E-state index in [0.29, 0.717) is 11.6 Å². The quantitative estimate of drug-likeness (QED) is 0.732. The van der Waals surface area contributed by atoms with Crippen LogP contribution in [0.2, 0.25) is 0 Å². The minimum absolute atomic E-state index is 0.0603. The molecular formula is C12H12ClNO. The lowest BCUT2D eigenvalue weighted by atomic mass is 10.1. The molecule has 0 atom stereocenters. The molecule has 0 saturated carbocycles. The second-order valence-corrected chi connectivity index (χ2v) is 3.38. The molecule has 1 aromatic carbocycles. The molecule has 15 heavy (non-hydrogen) atoms. The number of rotatable bonds is 4. The number of para-hydroxylation sites is 1. The van der Waals surface area contributed by atoms with Gasteiger partial charge in [-0.1, -0.05) is 29.8 Å². The second-order valence-electron chi connectivity index (χ2n) is 3.11. The molecule has 0 saturated heterocycles. The molecule has 0 spiro atoms. The maximum atomic E-state index is 8.43. The van der Waals surface area contributed by atoms with Gasteiger partial charge < -0.3 is 4.74 Å². The zero-order valence-corrected chi connectivity index (χ0v) is 9.29. The molecule has 0 unspecified atom stereocenters. The van der Waals surface area contributed by atoms with Gasteiger partial charge in [0.25, 0.3) is 0 Å². The van der Waals surface area contributed by atoms with Crippen molar-refractivity contribution >= 4 is 17.7 Å². The Balaban J connectivity index is 2.92. The summed E-state index contributed by atoms with van der Waals surface area (Å²) in [6, 6.07) is 9.51. The molecule has 1 aromatic rings. The first-order valence-corrected chi connectivity index (χ1v) is 5.13. The van der Waals surface area contributed by atoms with Crippen LogP contribution < -0.4 is 4.74 Å². The number of halogens is 1. The number of hydrogen-bond acceptors (Lipinski definition) is 2. The standard InChI is InChI=1S/C12H12ClNO/c1-10(9-13)8-11-4-2-3-5-12(11)15-7-6-14/h2-5,8H,7,9H2,1H3. The van der Waals surface area contributed by atoms with Crippen molar-refractivity contribution in [2.75, 3.05) is 12.5 Å². The van der Waals surface area contributed by atoms with Crippen LogP contribution in [0.1, 0.15) is 12.5 Å². The van der Waals surface area contributed by atoms with E-state index in [1.165, 1.54) is 0 Å². The average Bonchev–Trinajstić information content (AvgIpc) is 2.28. The van der Waals surface area contributed by atoms with Crippen LogP contribution in [0.25, 0.3) is 6.08 Å². The van der Waals surface area contributed by atoms with Gasteiger partial charge in [0.2, 0.25) is 0 Å². The summed E-state index contributed by atoms with van der Waals surface area (Å²) >= 11 is 5.70. The predicted molar refractivity (Wildman–Crippen MR) is 61.9 cm³/mol. The molecule has 0 aliphatic heterocycles. The third-order valence-electron chi connectivity index (χ3n) is 1.82. The summed E-state index contributed by atoms with van der Waals surface area (Å²) in [6.45, 7) is 2.01. The summed E-state index contributed by atoms with van der Waals surface area (Å²) < 4.78 is 5.28. The molecule has 0 aliphatic rings. The highest BCUT2D eigenvalue weighted by molar-refractivity contribution is 6.19. The van der Waals surface area contributed by atoms with Gasteiger partial charge in [-0.2, -0.15) is 5.26 Å². The van der Waals surface area contributed by atoms with Crippen LogP contribution in [0.3, 0.4) is 0 Å². The van der Waals surface area contributed by atoms with Crippen molar-refractivity contribution in [1.82, 2.24) is 0 Å². The fraction of sp³-hybridized carbons (Fsp3) is 0.250. The summed E-state index contributed by atoms with van der Waals surface area (Å²) in [4.78, 5) is 0. The number of alkyl halides is 1. The van der Waals surface area contributed by atoms with E-state index in [9.17, 15) is 0 Å². The molecule has 0 heterocycles. The Hall–Kier alpha value is -1.46. The summed E-state index contributed by atoms with van der Waals surface area (Å²) in [6.07, 6.45) is 1.96. The molecule has 0 bridgehead atoms. The Morgan fingerprint density at radius 3 is 2.93 bits per heavy atom. The molecule has 0 N–H and O–H groups in total. The normalized spacial score (nSPS) is 10.9. The number of hydrogen-bond donors (Lipinski definition) is 0. The van der Waals surface area contributed by atoms with E-state index < -0.39 is 0 Å². The van der Waals surface area contributed by atoms with Crippen molar-refractivity contribution in [3.63, 3.8) is 0 Å². The Bertz CT molecular complexity index is 393. The van der Waals surface area contributed by atoms with Crippen molar-refractivity contribution < 1.29 is 4.74 Å². The fourth-order valence-electron chi connectivity index (χ4n) is 1.15. The summed E-state index contributed by atoms with van der Waals surface area (Å²) in [5.41, 5.74) is 2.01. The molecule has 78 valence electrons. The molecule has 0 aliphatic carbocycles. The van der Waals surface area contributed by atoms with E-state index in [1.54, 1.807) is 0 Å². The summed E-state index contributed by atoms with van der Waals surface area (Å²) in [7, 11) is 0. The molecule has 2 nitrogen and oxygen atoms in total. The highest BCUT2D eigenvalue weighted by Crippen LogP contribution is 2.21. The molecule has 0 amide bonds. The van der Waals surface area contributed by atoms with Gasteiger partial charge in [-0.25, -0.2) is 0 Å². The van der Waals surface area contributed by atoms with Crippen LogP contribution in [0.15, 0.2) is 29.8 Å². The Morgan fingerprint density at radius 1 is 1.53 bits per heavy atom. The molecule has 0 fully saturated rings. The van der Waals surface area contributed by atoms with E-state index in [-0.39, 0.29) is 6.61 Å². The van der Waals surface area contributed by atoms with Gasteiger partial charge in [0, 0.05) is 11.4 Å². The topological polar surface area (TPSA) is 33.0 Å². The molecule has 3 heteroatoms. The van der Waals surface area contributed by atoms with Crippen LogP contribution in [0, 0.1) is 11.3 Å². The van der Waals surface area contributed by atoms with Crippen molar-refractivity contribution in [3.05, 3.63) is 35.4 Å². The summed E-state index contributed by atoms with van der Waals surface area (Å²) in [5, 5.41) is 8.43. The third-order valence-corrected chi connectivity index (χ3v) is 2.25. The Morgan fingerprint density at radius 2 is 2.27 bits per heavy atom. The van der Waals surface area contributed by atoms with E-state index in [1.807, 2.05) is 43.3 Å². The van der Waals surface area contributed by atoms with E-state index >= 15 is 0 Å². The number of benzene rings is 1. The van der Waals surface area contributed by atoms with E-state index in [0.717, 1.165) is 11.1 Å². The maximum absolute atomic E-state index is 8.43. The highest BCUT2D eigenvalue weighted by atomic mass is 35.5. The number of ether oxygens (including phenoxy) is 1. The molecular weight excluding hydrogens is 210 g/mol. The van der Waals surface area contributed by atoms with Gasteiger partial charge in [0.05, 0.1) is 0 Å². The van der Waals surface area contributed by atoms with E-state index in [2.05, 4.69) is 0 Å². The van der Waals surface area contributed by atoms with Crippen LogP contribution in [0.4, 0.5) is 0 Å². The van der Waals surface area contributed by atoms with Crippen molar-refractivity contribution in [3.8, 4) is 11.8 Å². The lowest BCUT2D eigenvalue weighted by molar-refractivity contribution is 0.367. The largest absolute Gasteiger partial charge is 0.478 e. The van der Waals surface area contributed by atoms with Crippen LogP contribution in [-0.2, 0) is 0 Å². The first-order chi connectivity index (χ1) is 7.27. The van der Waals surface area contributed by atoms with Gasteiger partial charge in [-0.3, -0.25) is 0 Å². The van der Waals surface area contributed by atoms with Crippen molar-refractivity contribution in [2.24, 2.45) is 0 Å². The van der Waals surface area contributed by atoms with Crippen LogP contribution in [-0.4, -0.2) is 12.5 Å². The number of nitrogens with zero attached hydrogens (tertiary/aromatic N) is 1. The van der Waals surface area contributed by atoms with Crippen LogP contribution >= 0.6 is 11.6 Å². The Labute approximate surface area is 94.7 Å². The first-order valence-electron chi connectivity index (χ1n) is 4.60. The smallest absolute Gasteiger partial charge is 0.174 e. The summed E-state index contributed by atoms with van der Waals surface area (Å²) in [5.74, 6) is 1.20. The molecule has 0 aromatic heterocycles. The van der Waals surface area contributed by atoms with Gasteiger partial charge in [-0.15, -0.1) is 11.6 Å². The SMILES string of the molecule is CC(=Cc1ccccc1OCC#N)CCl. The van der Waals surface area contributed by atoms with Gasteiger partial charge in [-0.05, 0) is 13.0 Å². The van der Waals surface area contributed by atoms with Gasteiger partial charge in [0.15, 0.2) is 6.61 Å². The van der Waals surface area contributed by atoms with Gasteiger partial charge in [0.1, 0.15) is 11.8 Å². The number of nitriles is 1. The fourth-order valence-corrected chi connectivity index (χ4v) is 1.22. The first kappa shape index (κ1) is 11.6. The van der Waals surface area contributed by atoms with Crippen molar-refractivity contribution in [1.29, 1.82) is 5.26 Å². The number of allylic oxidation sites excluding steroid dienone is 1. The zero-order chi connectivity index (χ0) is 11.1. The highest BCUT2D eigenvalue weighted by Gasteiger charge is 1.99. The third kappa shape index (κ3) is 3.65. The van der Waals surface area contributed by atoms with Crippen LogP contribution in [0.5, 0.6) is 5.75 Å². The monoisotopic (exact) mass is 221 g/mol. The van der Waals surface area contributed by atoms with Crippen molar-refractivity contribution in [2.45, 2.75) is 6.92 Å². The van der Waals surface area contributed by atoms with E-state index in [4.69, 9.17) is 21.6 Å². The molecule has 0 radical (unpaired) electrons. The lowest BCUT2D eigenvalue weighted by Crippen LogP contribution is -1.95. The minimum atomic E-state index is 0.0603.